The maximum absolute atomic E-state index is 13.1. The van der Waals surface area contributed by atoms with E-state index in [2.05, 4.69) is 46.6 Å². The van der Waals surface area contributed by atoms with Crippen molar-refractivity contribution in [1.82, 2.24) is 4.57 Å². The van der Waals surface area contributed by atoms with Gasteiger partial charge in [0, 0.05) is 23.6 Å². The first-order chi connectivity index (χ1) is 12.9. The number of anilines is 1. The zero-order chi connectivity index (χ0) is 20.1. The van der Waals surface area contributed by atoms with Crippen LogP contribution in [-0.2, 0) is 19.4 Å². The predicted molar refractivity (Wildman–Crippen MR) is 116 cm³/mol. The number of rotatable bonds is 7. The molecular formula is C22H29BrN2O2. The topological polar surface area (TPSA) is 51.1 Å². The van der Waals surface area contributed by atoms with Crippen molar-refractivity contribution in [3.8, 4) is 0 Å². The van der Waals surface area contributed by atoms with Gasteiger partial charge in [-0.1, -0.05) is 45.4 Å². The summed E-state index contributed by atoms with van der Waals surface area (Å²) >= 11 is 3.40. The van der Waals surface area contributed by atoms with Crippen LogP contribution < -0.4 is 10.7 Å². The molecule has 0 fully saturated rings. The van der Waals surface area contributed by atoms with Crippen LogP contribution in [0.4, 0.5) is 5.69 Å². The zero-order valence-corrected chi connectivity index (χ0v) is 18.5. The molecular weight excluding hydrogens is 404 g/mol. The third-order valence-electron chi connectivity index (χ3n) is 5.12. The van der Waals surface area contributed by atoms with Crippen molar-refractivity contribution in [2.24, 2.45) is 0 Å². The monoisotopic (exact) mass is 432 g/mol. The number of nitrogens with one attached hydrogen (secondary N) is 1. The SMILES string of the molecule is CCCCn1c(C)c(Br)c(=O)c(C(=O)Nc2c(CC)cccc2CC)c1C. The number of aryl methyl sites for hydroxylation is 2. The second kappa shape index (κ2) is 9.36. The Hall–Kier alpha value is -1.88. The molecule has 4 nitrogen and oxygen atoms in total. The van der Waals surface area contributed by atoms with Crippen molar-refractivity contribution >= 4 is 27.5 Å². The van der Waals surface area contributed by atoms with Crippen molar-refractivity contribution in [1.29, 1.82) is 0 Å². The molecule has 0 radical (unpaired) electrons. The Labute approximate surface area is 170 Å². The molecule has 0 aliphatic rings. The summed E-state index contributed by atoms with van der Waals surface area (Å²) < 4.78 is 2.53. The van der Waals surface area contributed by atoms with Gasteiger partial charge < -0.3 is 9.88 Å². The number of carbonyl (C=O) groups excluding carboxylic acids is 1. The minimum Gasteiger partial charge on any atom is -0.347 e. The highest BCUT2D eigenvalue weighted by molar-refractivity contribution is 9.10. The molecule has 0 saturated heterocycles. The van der Waals surface area contributed by atoms with Gasteiger partial charge in [-0.25, -0.2) is 0 Å². The normalized spacial score (nSPS) is 10.9. The van der Waals surface area contributed by atoms with E-state index in [9.17, 15) is 9.59 Å². The molecule has 0 aliphatic heterocycles. The molecule has 2 rings (SSSR count). The number of unbranched alkanes of at least 4 members (excludes halogenated alkanes) is 1. The van der Waals surface area contributed by atoms with E-state index in [0.29, 0.717) is 4.47 Å². The number of aromatic nitrogens is 1. The number of benzene rings is 1. The number of para-hydroxylation sites is 1. The van der Waals surface area contributed by atoms with E-state index >= 15 is 0 Å². The van der Waals surface area contributed by atoms with Crippen LogP contribution in [0.1, 0.15) is 66.5 Å². The van der Waals surface area contributed by atoms with Crippen molar-refractivity contribution in [2.75, 3.05) is 5.32 Å². The Morgan fingerprint density at radius 2 is 1.67 bits per heavy atom. The molecule has 0 unspecified atom stereocenters. The summed E-state index contributed by atoms with van der Waals surface area (Å²) in [7, 11) is 0. The first kappa shape index (κ1) is 21.4. The summed E-state index contributed by atoms with van der Waals surface area (Å²) in [5.41, 5.74) is 4.56. The fraction of sp³-hybridized carbons (Fsp3) is 0.455. The van der Waals surface area contributed by atoms with Gasteiger partial charge in [0.2, 0.25) is 5.43 Å². The number of hydrogen-bond donors (Lipinski definition) is 1. The van der Waals surface area contributed by atoms with Crippen LogP contribution in [0.15, 0.2) is 27.5 Å². The van der Waals surface area contributed by atoms with E-state index in [-0.39, 0.29) is 16.9 Å². The van der Waals surface area contributed by atoms with Crippen LogP contribution in [-0.4, -0.2) is 10.5 Å². The van der Waals surface area contributed by atoms with Crippen LogP contribution in [0, 0.1) is 13.8 Å². The van der Waals surface area contributed by atoms with Gasteiger partial charge in [-0.15, -0.1) is 0 Å². The molecule has 1 N–H and O–H groups in total. The van der Waals surface area contributed by atoms with Crippen LogP contribution in [0.5, 0.6) is 0 Å². The molecule has 0 bridgehead atoms. The number of nitrogens with zero attached hydrogens (tertiary/aromatic N) is 1. The maximum atomic E-state index is 13.1. The average Bonchev–Trinajstić information content (AvgIpc) is 2.66. The Morgan fingerprint density at radius 1 is 1.07 bits per heavy atom. The number of amides is 1. The van der Waals surface area contributed by atoms with E-state index in [4.69, 9.17) is 0 Å². The summed E-state index contributed by atoms with van der Waals surface area (Å²) in [6.45, 7) is 10.8. The van der Waals surface area contributed by atoms with Gasteiger partial charge in [-0.05, 0) is 60.2 Å². The minimum absolute atomic E-state index is 0.219. The smallest absolute Gasteiger partial charge is 0.261 e. The summed E-state index contributed by atoms with van der Waals surface area (Å²) in [5.74, 6) is -0.334. The van der Waals surface area contributed by atoms with Crippen LogP contribution in [0.2, 0.25) is 0 Å². The average molecular weight is 433 g/mol. The summed E-state index contributed by atoms with van der Waals surface area (Å²) in [6.07, 6.45) is 3.69. The summed E-state index contributed by atoms with van der Waals surface area (Å²) in [5, 5.41) is 3.04. The van der Waals surface area contributed by atoms with Crippen LogP contribution in [0.3, 0.4) is 0 Å². The fourth-order valence-electron chi connectivity index (χ4n) is 3.44. The van der Waals surface area contributed by atoms with Gasteiger partial charge in [0.1, 0.15) is 5.56 Å². The Balaban J connectivity index is 2.55. The van der Waals surface area contributed by atoms with E-state index < -0.39 is 0 Å². The number of halogens is 1. The highest BCUT2D eigenvalue weighted by atomic mass is 79.9. The van der Waals surface area contributed by atoms with Gasteiger partial charge in [-0.2, -0.15) is 0 Å². The maximum Gasteiger partial charge on any atom is 0.261 e. The summed E-state index contributed by atoms with van der Waals surface area (Å²) in [4.78, 5) is 26.0. The van der Waals surface area contributed by atoms with Crippen molar-refractivity contribution in [3.63, 3.8) is 0 Å². The predicted octanol–water partition coefficient (Wildman–Crippen LogP) is 5.40. The van der Waals surface area contributed by atoms with Crippen LogP contribution in [0.25, 0.3) is 0 Å². The molecule has 27 heavy (non-hydrogen) atoms. The third-order valence-corrected chi connectivity index (χ3v) is 6.05. The molecule has 1 heterocycles. The first-order valence-corrected chi connectivity index (χ1v) is 10.5. The number of hydrogen-bond acceptors (Lipinski definition) is 2. The van der Waals surface area contributed by atoms with Gasteiger partial charge in [-0.3, -0.25) is 9.59 Å². The molecule has 0 atom stereocenters. The Bertz CT molecular complexity index is 878. The second-order valence-corrected chi connectivity index (χ2v) is 7.60. The van der Waals surface area contributed by atoms with E-state index in [1.807, 2.05) is 32.0 Å². The van der Waals surface area contributed by atoms with E-state index in [0.717, 1.165) is 60.4 Å². The number of carbonyl (C=O) groups is 1. The molecule has 146 valence electrons. The summed E-state index contributed by atoms with van der Waals surface area (Å²) in [6, 6.07) is 6.05. The van der Waals surface area contributed by atoms with E-state index in [1.54, 1.807) is 0 Å². The Kier molecular flexibility index (Phi) is 7.42. The highest BCUT2D eigenvalue weighted by Gasteiger charge is 2.22. The fourth-order valence-corrected chi connectivity index (χ4v) is 3.85. The van der Waals surface area contributed by atoms with Crippen molar-refractivity contribution < 1.29 is 4.79 Å². The lowest BCUT2D eigenvalue weighted by molar-refractivity contribution is 0.102. The van der Waals surface area contributed by atoms with Crippen molar-refractivity contribution in [3.05, 3.63) is 61.0 Å². The van der Waals surface area contributed by atoms with Crippen LogP contribution >= 0.6 is 15.9 Å². The molecule has 0 saturated carbocycles. The molecule has 1 aromatic carbocycles. The lowest BCUT2D eigenvalue weighted by Crippen LogP contribution is -2.29. The van der Waals surface area contributed by atoms with Gasteiger partial charge >= 0.3 is 0 Å². The lowest BCUT2D eigenvalue weighted by Gasteiger charge is -2.20. The van der Waals surface area contributed by atoms with Gasteiger partial charge in [0.15, 0.2) is 0 Å². The standard InChI is InChI=1S/C22H29BrN2O2/c1-6-9-13-25-14(4)18(21(26)19(23)15(25)5)22(27)24-20-16(7-2)11-10-12-17(20)8-3/h10-12H,6-9,13H2,1-5H3,(H,24,27). The van der Waals surface area contributed by atoms with Gasteiger partial charge in [0.05, 0.1) is 4.47 Å². The second-order valence-electron chi connectivity index (χ2n) is 6.81. The minimum atomic E-state index is -0.334. The molecule has 5 heteroatoms. The Morgan fingerprint density at radius 3 is 2.19 bits per heavy atom. The molecule has 0 aliphatic carbocycles. The third kappa shape index (κ3) is 4.34. The van der Waals surface area contributed by atoms with Crippen molar-refractivity contribution in [2.45, 2.75) is 66.8 Å². The number of pyridine rings is 1. The quantitative estimate of drug-likeness (QED) is 0.635. The lowest BCUT2D eigenvalue weighted by atomic mass is 10.0. The molecule has 1 amide bonds. The molecule has 1 aromatic heterocycles. The van der Waals surface area contributed by atoms with Gasteiger partial charge in [0.25, 0.3) is 5.91 Å². The largest absolute Gasteiger partial charge is 0.347 e. The molecule has 0 spiro atoms. The zero-order valence-electron chi connectivity index (χ0n) is 16.9. The highest BCUT2D eigenvalue weighted by Crippen LogP contribution is 2.24. The molecule has 2 aromatic rings. The first-order valence-electron chi connectivity index (χ1n) is 9.68. The van der Waals surface area contributed by atoms with E-state index in [1.165, 1.54) is 0 Å².